The molecule has 1 atom stereocenters. The topological polar surface area (TPSA) is 54.5 Å². The van der Waals surface area contributed by atoms with Gasteiger partial charge in [0.25, 0.3) is 0 Å². The molecular formula is C18H26FN3O2. The van der Waals surface area contributed by atoms with Gasteiger partial charge in [-0.3, -0.25) is 4.98 Å². The number of hydrogen-bond acceptors (Lipinski definition) is 3. The van der Waals surface area contributed by atoms with E-state index in [4.69, 9.17) is 4.74 Å². The standard InChI is InChI=1S/C18H26FN3O2/c1-18(7-10-24-11-8-18)13-21-17(23)22-9-3-2-4-16(22)15-6-5-14(19)12-20-15/h5-6,12,16H,2-4,7-11,13H2,1H3,(H,21,23). The zero-order chi connectivity index (χ0) is 17.0. The van der Waals surface area contributed by atoms with Crippen molar-refractivity contribution >= 4 is 6.03 Å². The summed E-state index contributed by atoms with van der Waals surface area (Å²) in [6.45, 7) is 5.10. The van der Waals surface area contributed by atoms with Crippen LogP contribution >= 0.6 is 0 Å². The van der Waals surface area contributed by atoms with Gasteiger partial charge in [0, 0.05) is 26.3 Å². The Kier molecular flexibility index (Phi) is 5.33. The van der Waals surface area contributed by atoms with Crippen LogP contribution in [0.2, 0.25) is 0 Å². The van der Waals surface area contributed by atoms with E-state index in [1.807, 2.05) is 4.90 Å². The molecule has 2 aliphatic heterocycles. The van der Waals surface area contributed by atoms with Crippen molar-refractivity contribution in [3.8, 4) is 0 Å². The highest BCUT2D eigenvalue weighted by molar-refractivity contribution is 5.74. The van der Waals surface area contributed by atoms with Crippen molar-refractivity contribution in [2.45, 2.75) is 45.1 Å². The van der Waals surface area contributed by atoms with E-state index in [2.05, 4.69) is 17.2 Å². The summed E-state index contributed by atoms with van der Waals surface area (Å²) in [7, 11) is 0. The highest BCUT2D eigenvalue weighted by atomic mass is 19.1. The second-order valence-electron chi connectivity index (χ2n) is 7.19. The molecule has 0 saturated carbocycles. The number of urea groups is 1. The number of rotatable bonds is 3. The van der Waals surface area contributed by atoms with Gasteiger partial charge in [-0.2, -0.15) is 0 Å². The summed E-state index contributed by atoms with van der Waals surface area (Å²) in [6, 6.07) is 2.99. The second-order valence-corrected chi connectivity index (χ2v) is 7.19. The van der Waals surface area contributed by atoms with Crippen LogP contribution in [0.1, 0.15) is 50.8 Å². The molecule has 0 aliphatic carbocycles. The highest BCUT2D eigenvalue weighted by Crippen LogP contribution is 2.31. The number of piperidine rings is 1. The molecule has 1 aromatic rings. The number of carbonyl (C=O) groups excluding carboxylic acids is 1. The molecule has 3 heterocycles. The van der Waals surface area contributed by atoms with Crippen LogP contribution in [0, 0.1) is 11.2 Å². The second kappa shape index (κ2) is 7.47. The number of carbonyl (C=O) groups is 1. The van der Waals surface area contributed by atoms with Crippen molar-refractivity contribution in [2.24, 2.45) is 5.41 Å². The maximum absolute atomic E-state index is 13.1. The van der Waals surface area contributed by atoms with Crippen LogP contribution in [0.3, 0.4) is 0 Å². The molecule has 2 aliphatic rings. The van der Waals surface area contributed by atoms with Crippen molar-refractivity contribution in [3.63, 3.8) is 0 Å². The first-order valence-electron chi connectivity index (χ1n) is 8.81. The van der Waals surface area contributed by atoms with Crippen LogP contribution < -0.4 is 5.32 Å². The molecule has 1 N–H and O–H groups in total. The number of pyridine rings is 1. The van der Waals surface area contributed by atoms with E-state index in [0.717, 1.165) is 57.6 Å². The zero-order valence-electron chi connectivity index (χ0n) is 14.3. The van der Waals surface area contributed by atoms with Crippen LogP contribution in [0.25, 0.3) is 0 Å². The van der Waals surface area contributed by atoms with Gasteiger partial charge in [0.2, 0.25) is 0 Å². The number of halogens is 1. The molecule has 6 heteroatoms. The van der Waals surface area contributed by atoms with Crippen molar-refractivity contribution in [2.75, 3.05) is 26.3 Å². The van der Waals surface area contributed by atoms with E-state index < -0.39 is 0 Å². The van der Waals surface area contributed by atoms with Crippen molar-refractivity contribution in [1.82, 2.24) is 15.2 Å². The van der Waals surface area contributed by atoms with E-state index in [-0.39, 0.29) is 23.3 Å². The van der Waals surface area contributed by atoms with Gasteiger partial charge in [-0.25, -0.2) is 9.18 Å². The molecule has 0 aromatic carbocycles. The van der Waals surface area contributed by atoms with Gasteiger partial charge in [0.15, 0.2) is 0 Å². The van der Waals surface area contributed by atoms with E-state index in [1.165, 1.54) is 12.3 Å². The fourth-order valence-corrected chi connectivity index (χ4v) is 3.50. The lowest BCUT2D eigenvalue weighted by atomic mass is 9.82. The number of nitrogens with one attached hydrogen (secondary N) is 1. The summed E-state index contributed by atoms with van der Waals surface area (Å²) in [5.41, 5.74) is 0.872. The summed E-state index contributed by atoms with van der Waals surface area (Å²) in [5, 5.41) is 3.10. The fourth-order valence-electron chi connectivity index (χ4n) is 3.50. The Labute approximate surface area is 142 Å². The lowest BCUT2D eigenvalue weighted by molar-refractivity contribution is 0.0241. The van der Waals surface area contributed by atoms with Crippen LogP contribution in [-0.4, -0.2) is 42.2 Å². The number of nitrogens with zero attached hydrogens (tertiary/aromatic N) is 2. The molecule has 2 fully saturated rings. The quantitative estimate of drug-likeness (QED) is 0.922. The molecule has 0 bridgehead atoms. The van der Waals surface area contributed by atoms with Gasteiger partial charge in [0.05, 0.1) is 17.9 Å². The average Bonchev–Trinajstić information content (AvgIpc) is 2.61. The van der Waals surface area contributed by atoms with Crippen LogP contribution in [0.15, 0.2) is 18.3 Å². The molecule has 2 amide bonds. The first kappa shape index (κ1) is 17.1. The van der Waals surface area contributed by atoms with Crippen LogP contribution in [0.4, 0.5) is 9.18 Å². The Morgan fingerprint density at radius 2 is 2.21 bits per heavy atom. The smallest absolute Gasteiger partial charge is 0.317 e. The molecule has 3 rings (SSSR count). The molecule has 0 spiro atoms. The third-order valence-electron chi connectivity index (χ3n) is 5.22. The summed E-state index contributed by atoms with van der Waals surface area (Å²) in [4.78, 5) is 18.8. The zero-order valence-corrected chi connectivity index (χ0v) is 14.3. The van der Waals surface area contributed by atoms with Gasteiger partial charge < -0.3 is 15.0 Å². The van der Waals surface area contributed by atoms with E-state index in [1.54, 1.807) is 6.07 Å². The van der Waals surface area contributed by atoms with Gasteiger partial charge in [-0.1, -0.05) is 6.92 Å². The van der Waals surface area contributed by atoms with Crippen LogP contribution in [0.5, 0.6) is 0 Å². The molecule has 5 nitrogen and oxygen atoms in total. The van der Waals surface area contributed by atoms with Gasteiger partial charge >= 0.3 is 6.03 Å². The number of hydrogen-bond donors (Lipinski definition) is 1. The van der Waals surface area contributed by atoms with E-state index in [0.29, 0.717) is 6.54 Å². The Bertz CT molecular complexity index is 558. The largest absolute Gasteiger partial charge is 0.381 e. The van der Waals surface area contributed by atoms with Gasteiger partial charge in [0.1, 0.15) is 5.82 Å². The average molecular weight is 335 g/mol. The SMILES string of the molecule is CC1(CNC(=O)N2CCCCC2c2ccc(F)cn2)CCOCC1. The predicted molar refractivity (Wildman–Crippen MR) is 89.1 cm³/mol. The van der Waals surface area contributed by atoms with Crippen molar-refractivity contribution in [1.29, 1.82) is 0 Å². The maximum Gasteiger partial charge on any atom is 0.317 e. The predicted octanol–water partition coefficient (Wildman–Crippen LogP) is 3.27. The number of aromatic nitrogens is 1. The third kappa shape index (κ3) is 4.04. The molecular weight excluding hydrogens is 309 g/mol. The monoisotopic (exact) mass is 335 g/mol. The molecule has 1 unspecified atom stereocenters. The highest BCUT2D eigenvalue weighted by Gasteiger charge is 2.32. The van der Waals surface area contributed by atoms with Gasteiger partial charge in [-0.05, 0) is 49.7 Å². The molecule has 1 aromatic heterocycles. The number of ether oxygens (including phenoxy) is 1. The molecule has 24 heavy (non-hydrogen) atoms. The third-order valence-corrected chi connectivity index (χ3v) is 5.22. The lowest BCUT2D eigenvalue weighted by Gasteiger charge is -2.38. The van der Waals surface area contributed by atoms with E-state index >= 15 is 0 Å². The fraction of sp³-hybridized carbons (Fsp3) is 0.667. The van der Waals surface area contributed by atoms with Crippen molar-refractivity contribution < 1.29 is 13.9 Å². The Morgan fingerprint density at radius 1 is 1.42 bits per heavy atom. The summed E-state index contributed by atoms with van der Waals surface area (Å²) >= 11 is 0. The van der Waals surface area contributed by atoms with E-state index in [9.17, 15) is 9.18 Å². The minimum absolute atomic E-state index is 0.0430. The van der Waals surface area contributed by atoms with Gasteiger partial charge in [-0.15, -0.1) is 0 Å². The number of amides is 2. The minimum Gasteiger partial charge on any atom is -0.381 e. The summed E-state index contributed by atoms with van der Waals surface area (Å²) in [6.07, 6.45) is 6.09. The van der Waals surface area contributed by atoms with Crippen molar-refractivity contribution in [3.05, 3.63) is 29.8 Å². The molecule has 0 radical (unpaired) electrons. The first-order chi connectivity index (χ1) is 11.6. The number of likely N-dealkylation sites (tertiary alicyclic amines) is 1. The molecule has 132 valence electrons. The minimum atomic E-state index is -0.349. The maximum atomic E-state index is 13.1. The summed E-state index contributed by atoms with van der Waals surface area (Å²) in [5.74, 6) is -0.349. The first-order valence-corrected chi connectivity index (χ1v) is 8.81. The van der Waals surface area contributed by atoms with Crippen LogP contribution in [-0.2, 0) is 4.74 Å². The lowest BCUT2D eigenvalue weighted by Crippen LogP contribution is -2.48. The normalized spacial score (nSPS) is 23.8. The Hall–Kier alpha value is -1.69. The summed E-state index contributed by atoms with van der Waals surface area (Å²) < 4.78 is 18.5. The Morgan fingerprint density at radius 3 is 2.92 bits per heavy atom. The Balaban J connectivity index is 1.64. The molecule has 2 saturated heterocycles.